The summed E-state index contributed by atoms with van der Waals surface area (Å²) in [5, 5.41) is 2.33. The molecule has 7 nitrogen and oxygen atoms in total. The highest BCUT2D eigenvalue weighted by Gasteiger charge is 2.39. The first-order chi connectivity index (χ1) is 14.0. The van der Waals surface area contributed by atoms with Gasteiger partial charge in [0.15, 0.2) is 0 Å². The third kappa shape index (κ3) is 3.78. The number of pyridine rings is 1. The van der Waals surface area contributed by atoms with Gasteiger partial charge in [0, 0.05) is 36.8 Å². The van der Waals surface area contributed by atoms with E-state index in [9.17, 15) is 14.4 Å². The minimum atomic E-state index is -0.595. The van der Waals surface area contributed by atoms with E-state index in [0.29, 0.717) is 18.5 Å². The van der Waals surface area contributed by atoms with Gasteiger partial charge < -0.3 is 9.80 Å². The predicted molar refractivity (Wildman–Crippen MR) is 108 cm³/mol. The topological polar surface area (TPSA) is 82.6 Å². The van der Waals surface area contributed by atoms with Gasteiger partial charge in [-0.2, -0.15) is 0 Å². The van der Waals surface area contributed by atoms with E-state index in [1.165, 1.54) is 5.56 Å². The van der Waals surface area contributed by atoms with E-state index in [1.807, 2.05) is 30.5 Å². The molecule has 7 heteroatoms. The van der Waals surface area contributed by atoms with Crippen molar-refractivity contribution in [1.29, 1.82) is 0 Å². The van der Waals surface area contributed by atoms with E-state index in [2.05, 4.69) is 35.2 Å². The first kappa shape index (κ1) is 19.3. The van der Waals surface area contributed by atoms with E-state index in [4.69, 9.17) is 0 Å². The van der Waals surface area contributed by atoms with Crippen molar-refractivity contribution in [2.75, 3.05) is 13.6 Å². The predicted octanol–water partition coefficient (Wildman–Crippen LogP) is 1.96. The second-order valence-electron chi connectivity index (χ2n) is 7.65. The Hall–Kier alpha value is -3.06. The van der Waals surface area contributed by atoms with Gasteiger partial charge in [-0.3, -0.25) is 24.7 Å². The van der Waals surface area contributed by atoms with Crippen molar-refractivity contribution in [2.24, 2.45) is 0 Å². The number of hydrogen-bond acceptors (Lipinski definition) is 5. The van der Waals surface area contributed by atoms with Crippen molar-refractivity contribution in [2.45, 2.75) is 38.9 Å². The van der Waals surface area contributed by atoms with Crippen LogP contribution in [-0.2, 0) is 22.7 Å². The van der Waals surface area contributed by atoms with Gasteiger partial charge in [-0.05, 0) is 55.4 Å². The number of fused-ring (bicyclic) bond motifs is 1. The largest absolute Gasteiger partial charge is 0.322 e. The maximum Gasteiger partial charge on any atom is 0.255 e. The number of carbonyl (C=O) groups excluding carboxylic acids is 3. The zero-order chi connectivity index (χ0) is 20.5. The summed E-state index contributed by atoms with van der Waals surface area (Å²) in [5.74, 6) is -0.832. The molecule has 0 spiro atoms. The van der Waals surface area contributed by atoms with E-state index in [1.54, 1.807) is 4.90 Å². The van der Waals surface area contributed by atoms with Gasteiger partial charge in [-0.25, -0.2) is 0 Å². The summed E-state index contributed by atoms with van der Waals surface area (Å²) in [7, 11) is 2.07. The standard InChI is InChI=1S/C22H24N4O3/c1-3-25(2)12-14-8-9-23-18(10-14)15-4-5-17-16(11-15)13-26(22(17)29)19-6-7-20(27)24-21(19)28/h4-5,8-11,19H,3,6-7,12-13H2,1-2H3,(H,24,27,28). The Morgan fingerprint density at radius 2 is 2.03 bits per heavy atom. The first-order valence-electron chi connectivity index (χ1n) is 9.87. The Morgan fingerprint density at radius 1 is 1.21 bits per heavy atom. The second-order valence-corrected chi connectivity index (χ2v) is 7.65. The second kappa shape index (κ2) is 7.75. The van der Waals surface area contributed by atoms with Crippen molar-refractivity contribution in [3.05, 3.63) is 53.2 Å². The van der Waals surface area contributed by atoms with Crippen molar-refractivity contribution in [1.82, 2.24) is 20.1 Å². The van der Waals surface area contributed by atoms with Gasteiger partial charge in [0.05, 0.1) is 5.69 Å². The molecule has 150 valence electrons. The summed E-state index contributed by atoms with van der Waals surface area (Å²) in [6.45, 7) is 4.30. The van der Waals surface area contributed by atoms with Gasteiger partial charge in [0.2, 0.25) is 11.8 Å². The summed E-state index contributed by atoms with van der Waals surface area (Å²) in [6.07, 6.45) is 2.43. The molecule has 1 unspecified atom stereocenters. The highest BCUT2D eigenvalue weighted by molar-refractivity contribution is 6.05. The van der Waals surface area contributed by atoms with Crippen LogP contribution >= 0.6 is 0 Å². The molecule has 0 aliphatic carbocycles. The molecular weight excluding hydrogens is 368 g/mol. The maximum atomic E-state index is 12.8. The highest BCUT2D eigenvalue weighted by Crippen LogP contribution is 2.30. The molecule has 3 heterocycles. The van der Waals surface area contributed by atoms with Crippen LogP contribution in [0.2, 0.25) is 0 Å². The Kier molecular flexibility index (Phi) is 5.15. The average molecular weight is 392 g/mol. The summed E-state index contributed by atoms with van der Waals surface area (Å²) in [4.78, 5) is 44.7. The maximum absolute atomic E-state index is 12.8. The van der Waals surface area contributed by atoms with Crippen molar-refractivity contribution >= 4 is 17.7 Å². The van der Waals surface area contributed by atoms with Crippen molar-refractivity contribution < 1.29 is 14.4 Å². The highest BCUT2D eigenvalue weighted by atomic mass is 16.2. The fraction of sp³-hybridized carbons (Fsp3) is 0.364. The minimum absolute atomic E-state index is 0.160. The quantitative estimate of drug-likeness (QED) is 0.787. The molecule has 2 aliphatic rings. The van der Waals surface area contributed by atoms with Crippen LogP contribution in [0, 0.1) is 0 Å². The Labute approximate surface area is 169 Å². The molecule has 29 heavy (non-hydrogen) atoms. The molecule has 2 aliphatic heterocycles. The number of piperidine rings is 1. The Morgan fingerprint density at radius 3 is 2.79 bits per heavy atom. The zero-order valence-corrected chi connectivity index (χ0v) is 16.6. The van der Waals surface area contributed by atoms with E-state index >= 15 is 0 Å². The van der Waals surface area contributed by atoms with Crippen molar-refractivity contribution in [3.8, 4) is 11.3 Å². The average Bonchev–Trinajstić information content (AvgIpc) is 3.04. The Bertz CT molecular complexity index is 988. The lowest BCUT2D eigenvalue weighted by molar-refractivity contribution is -0.136. The lowest BCUT2D eigenvalue weighted by Crippen LogP contribution is -2.52. The zero-order valence-electron chi connectivity index (χ0n) is 16.6. The molecule has 1 saturated heterocycles. The molecule has 1 aromatic heterocycles. The van der Waals surface area contributed by atoms with Gasteiger partial charge in [-0.15, -0.1) is 0 Å². The Balaban J connectivity index is 1.57. The number of carbonyl (C=O) groups is 3. The van der Waals surface area contributed by atoms with Gasteiger partial charge >= 0.3 is 0 Å². The molecule has 4 rings (SSSR count). The number of imide groups is 1. The minimum Gasteiger partial charge on any atom is -0.322 e. The van der Waals surface area contributed by atoms with Gasteiger partial charge in [-0.1, -0.05) is 13.0 Å². The summed E-state index contributed by atoms with van der Waals surface area (Å²) >= 11 is 0. The van der Waals surface area contributed by atoms with Crippen LogP contribution in [-0.4, -0.2) is 52.1 Å². The molecule has 1 N–H and O–H groups in total. The summed E-state index contributed by atoms with van der Waals surface area (Å²) in [5.41, 5.74) is 4.49. The van der Waals surface area contributed by atoms with Crippen LogP contribution in [0.15, 0.2) is 36.5 Å². The first-order valence-corrected chi connectivity index (χ1v) is 9.87. The van der Waals surface area contributed by atoms with Gasteiger partial charge in [0.1, 0.15) is 6.04 Å². The number of rotatable bonds is 5. The molecule has 2 aromatic rings. The lowest BCUT2D eigenvalue weighted by Gasteiger charge is -2.29. The number of nitrogens with one attached hydrogen (secondary N) is 1. The summed E-state index contributed by atoms with van der Waals surface area (Å²) in [6, 6.07) is 9.18. The third-order valence-corrected chi connectivity index (χ3v) is 5.64. The number of nitrogens with zero attached hydrogens (tertiary/aromatic N) is 3. The summed E-state index contributed by atoms with van der Waals surface area (Å²) < 4.78 is 0. The lowest BCUT2D eigenvalue weighted by atomic mass is 10.0. The molecule has 3 amide bonds. The van der Waals surface area contributed by atoms with Gasteiger partial charge in [0.25, 0.3) is 5.91 Å². The number of benzene rings is 1. The molecule has 0 radical (unpaired) electrons. The molecule has 1 atom stereocenters. The van der Waals surface area contributed by atoms with Crippen molar-refractivity contribution in [3.63, 3.8) is 0 Å². The van der Waals surface area contributed by atoms with Crippen LogP contribution in [0.5, 0.6) is 0 Å². The fourth-order valence-electron chi connectivity index (χ4n) is 3.89. The van der Waals surface area contributed by atoms with E-state index < -0.39 is 11.9 Å². The van der Waals surface area contributed by atoms with Crippen LogP contribution < -0.4 is 5.32 Å². The number of hydrogen-bond donors (Lipinski definition) is 1. The normalized spacial score (nSPS) is 18.9. The molecule has 0 saturated carbocycles. The monoisotopic (exact) mass is 392 g/mol. The van der Waals surface area contributed by atoms with Crippen LogP contribution in [0.4, 0.5) is 0 Å². The third-order valence-electron chi connectivity index (χ3n) is 5.64. The van der Waals surface area contributed by atoms with E-state index in [-0.39, 0.29) is 18.2 Å². The molecule has 0 bridgehead atoms. The molecule has 1 fully saturated rings. The molecule has 1 aromatic carbocycles. The number of amides is 3. The SMILES string of the molecule is CCN(C)Cc1ccnc(-c2ccc3c(c2)CN(C2CCC(=O)NC2=O)C3=O)c1. The van der Waals surface area contributed by atoms with Crippen LogP contribution in [0.25, 0.3) is 11.3 Å². The van der Waals surface area contributed by atoms with Crippen LogP contribution in [0.3, 0.4) is 0 Å². The van der Waals surface area contributed by atoms with Crippen LogP contribution in [0.1, 0.15) is 41.3 Å². The smallest absolute Gasteiger partial charge is 0.255 e. The molecular formula is C22H24N4O3. The van der Waals surface area contributed by atoms with E-state index in [0.717, 1.165) is 29.9 Å². The fourth-order valence-corrected chi connectivity index (χ4v) is 3.89. The number of aromatic nitrogens is 1.